The van der Waals surface area contributed by atoms with Gasteiger partial charge in [-0.25, -0.2) is 4.98 Å². The van der Waals surface area contributed by atoms with Gasteiger partial charge in [-0.1, -0.05) is 44.9 Å². The molecule has 4 rings (SSSR count). The van der Waals surface area contributed by atoms with Gasteiger partial charge in [-0.15, -0.1) is 0 Å². The van der Waals surface area contributed by atoms with Crippen LogP contribution in [0.15, 0.2) is 30.6 Å². The predicted molar refractivity (Wildman–Crippen MR) is 95.7 cm³/mol. The molecule has 3 nitrogen and oxygen atoms in total. The maximum atomic E-state index is 4.98. The first-order valence-electron chi connectivity index (χ1n) is 9.14. The van der Waals surface area contributed by atoms with Crippen LogP contribution in [-0.4, -0.2) is 15.0 Å². The average Bonchev–Trinajstić information content (AvgIpc) is 2.97. The standard InChI is InChI=1S/C20H25N3/c1-2-4-6-8-15(9-7-5-3-1)18-11-10-16-17-14-21-13-12-19(17)23-20(16)22-18/h10-15H,1-9H2,(H,22,23). The van der Waals surface area contributed by atoms with E-state index in [1.54, 1.807) is 0 Å². The summed E-state index contributed by atoms with van der Waals surface area (Å²) < 4.78 is 0. The lowest BCUT2D eigenvalue weighted by molar-refractivity contribution is 0.458. The number of pyridine rings is 2. The molecule has 23 heavy (non-hydrogen) atoms. The predicted octanol–water partition coefficient (Wildman–Crippen LogP) is 5.72. The zero-order valence-electron chi connectivity index (χ0n) is 13.7. The van der Waals surface area contributed by atoms with Crippen LogP contribution in [0.1, 0.15) is 69.4 Å². The highest BCUT2D eigenvalue weighted by Gasteiger charge is 2.15. The number of aromatic nitrogens is 3. The van der Waals surface area contributed by atoms with Crippen molar-refractivity contribution in [3.05, 3.63) is 36.3 Å². The molecule has 0 saturated heterocycles. The van der Waals surface area contributed by atoms with Crippen LogP contribution < -0.4 is 0 Å². The first kappa shape index (κ1) is 14.7. The largest absolute Gasteiger partial charge is 0.339 e. The van der Waals surface area contributed by atoms with Gasteiger partial charge in [0, 0.05) is 34.8 Å². The Labute approximate surface area is 137 Å². The molecular formula is C20H25N3. The van der Waals surface area contributed by atoms with E-state index in [-0.39, 0.29) is 0 Å². The summed E-state index contributed by atoms with van der Waals surface area (Å²) in [5, 5.41) is 2.37. The van der Waals surface area contributed by atoms with E-state index >= 15 is 0 Å². The molecule has 1 saturated carbocycles. The third-order valence-corrected chi connectivity index (χ3v) is 5.30. The van der Waals surface area contributed by atoms with Crippen molar-refractivity contribution >= 4 is 21.9 Å². The fraction of sp³-hybridized carbons (Fsp3) is 0.500. The number of rotatable bonds is 1. The van der Waals surface area contributed by atoms with E-state index < -0.39 is 0 Å². The van der Waals surface area contributed by atoms with Crippen LogP contribution in [-0.2, 0) is 0 Å². The number of fused-ring (bicyclic) bond motifs is 3. The minimum absolute atomic E-state index is 0.627. The molecule has 120 valence electrons. The molecule has 0 spiro atoms. The summed E-state index contributed by atoms with van der Waals surface area (Å²) >= 11 is 0. The summed E-state index contributed by atoms with van der Waals surface area (Å²) in [7, 11) is 0. The first-order valence-corrected chi connectivity index (χ1v) is 9.14. The molecule has 0 radical (unpaired) electrons. The molecule has 1 aliphatic carbocycles. The van der Waals surface area contributed by atoms with Crippen molar-refractivity contribution in [1.29, 1.82) is 0 Å². The van der Waals surface area contributed by atoms with Gasteiger partial charge in [-0.05, 0) is 31.0 Å². The minimum atomic E-state index is 0.627. The third kappa shape index (κ3) is 3.10. The molecular weight excluding hydrogens is 282 g/mol. The fourth-order valence-corrected chi connectivity index (χ4v) is 3.97. The Kier molecular flexibility index (Phi) is 4.27. The number of nitrogens with one attached hydrogen (secondary N) is 1. The maximum absolute atomic E-state index is 4.98. The van der Waals surface area contributed by atoms with Crippen molar-refractivity contribution in [1.82, 2.24) is 15.0 Å². The second-order valence-electron chi connectivity index (χ2n) is 6.93. The number of hydrogen-bond acceptors (Lipinski definition) is 2. The molecule has 3 heterocycles. The smallest absolute Gasteiger partial charge is 0.138 e. The van der Waals surface area contributed by atoms with E-state index in [0.717, 1.165) is 11.2 Å². The molecule has 1 aliphatic rings. The Bertz CT molecular complexity index is 780. The van der Waals surface area contributed by atoms with Gasteiger partial charge < -0.3 is 4.98 Å². The van der Waals surface area contributed by atoms with E-state index in [2.05, 4.69) is 22.1 Å². The highest BCUT2D eigenvalue weighted by molar-refractivity contribution is 6.05. The van der Waals surface area contributed by atoms with E-state index in [9.17, 15) is 0 Å². The molecule has 3 aromatic rings. The number of nitrogens with zero attached hydrogens (tertiary/aromatic N) is 2. The molecule has 0 aromatic carbocycles. The molecule has 1 N–H and O–H groups in total. The number of aromatic amines is 1. The van der Waals surface area contributed by atoms with Crippen LogP contribution in [0.3, 0.4) is 0 Å². The monoisotopic (exact) mass is 307 g/mol. The number of hydrogen-bond donors (Lipinski definition) is 1. The second-order valence-corrected chi connectivity index (χ2v) is 6.93. The fourth-order valence-electron chi connectivity index (χ4n) is 3.97. The molecule has 0 unspecified atom stereocenters. The molecule has 0 aliphatic heterocycles. The quantitative estimate of drug-likeness (QED) is 0.624. The van der Waals surface area contributed by atoms with Gasteiger partial charge in [-0.3, -0.25) is 4.98 Å². The van der Waals surface area contributed by atoms with Crippen LogP contribution in [0, 0.1) is 0 Å². The summed E-state index contributed by atoms with van der Waals surface area (Å²) in [4.78, 5) is 12.7. The third-order valence-electron chi connectivity index (χ3n) is 5.30. The summed E-state index contributed by atoms with van der Waals surface area (Å²) in [6, 6.07) is 6.51. The van der Waals surface area contributed by atoms with Gasteiger partial charge in [0.1, 0.15) is 5.65 Å². The zero-order valence-corrected chi connectivity index (χ0v) is 13.7. The van der Waals surface area contributed by atoms with Crippen LogP contribution in [0.5, 0.6) is 0 Å². The second kappa shape index (κ2) is 6.69. The van der Waals surface area contributed by atoms with E-state index in [4.69, 9.17) is 4.98 Å². The molecule has 3 heteroatoms. The summed E-state index contributed by atoms with van der Waals surface area (Å²) in [6.45, 7) is 0. The Morgan fingerprint density at radius 1 is 0.826 bits per heavy atom. The van der Waals surface area contributed by atoms with Gasteiger partial charge in [0.2, 0.25) is 0 Å². The van der Waals surface area contributed by atoms with Gasteiger partial charge in [0.05, 0.1) is 5.52 Å². The summed E-state index contributed by atoms with van der Waals surface area (Å²) in [5.41, 5.74) is 3.42. The van der Waals surface area contributed by atoms with Crippen LogP contribution >= 0.6 is 0 Å². The lowest BCUT2D eigenvalue weighted by Crippen LogP contribution is -2.03. The Balaban J connectivity index is 1.65. The highest BCUT2D eigenvalue weighted by atomic mass is 14.9. The zero-order chi connectivity index (χ0) is 15.5. The van der Waals surface area contributed by atoms with Gasteiger partial charge >= 0.3 is 0 Å². The molecule has 1 fully saturated rings. The number of H-pyrrole nitrogens is 1. The van der Waals surface area contributed by atoms with Crippen molar-refractivity contribution in [3.8, 4) is 0 Å². The maximum Gasteiger partial charge on any atom is 0.138 e. The van der Waals surface area contributed by atoms with Gasteiger partial charge in [0.25, 0.3) is 0 Å². The average molecular weight is 307 g/mol. The normalized spacial score (nSPS) is 18.4. The molecule has 0 atom stereocenters. The Morgan fingerprint density at radius 3 is 2.35 bits per heavy atom. The van der Waals surface area contributed by atoms with Crippen molar-refractivity contribution in [2.75, 3.05) is 0 Å². The lowest BCUT2D eigenvalue weighted by atomic mass is 9.89. The van der Waals surface area contributed by atoms with Crippen molar-refractivity contribution < 1.29 is 0 Å². The molecule has 0 bridgehead atoms. The minimum Gasteiger partial charge on any atom is -0.339 e. The van der Waals surface area contributed by atoms with Gasteiger partial charge in [0.15, 0.2) is 0 Å². The van der Waals surface area contributed by atoms with Crippen LogP contribution in [0.4, 0.5) is 0 Å². The molecule has 3 aromatic heterocycles. The van der Waals surface area contributed by atoms with Crippen LogP contribution in [0.25, 0.3) is 21.9 Å². The first-order chi connectivity index (χ1) is 11.4. The van der Waals surface area contributed by atoms with Gasteiger partial charge in [-0.2, -0.15) is 0 Å². The van der Waals surface area contributed by atoms with Crippen LogP contribution in [0.2, 0.25) is 0 Å². The highest BCUT2D eigenvalue weighted by Crippen LogP contribution is 2.31. The van der Waals surface area contributed by atoms with E-state index in [1.807, 2.05) is 18.5 Å². The lowest BCUT2D eigenvalue weighted by Gasteiger charge is -2.18. The SMILES string of the molecule is c1cc2[nH]c3nc(C4CCCCCCCCC4)ccc3c2cn1. The van der Waals surface area contributed by atoms with Crippen molar-refractivity contribution in [3.63, 3.8) is 0 Å². The molecule has 0 amide bonds. The Morgan fingerprint density at radius 2 is 1.57 bits per heavy atom. The van der Waals surface area contributed by atoms with E-state index in [1.165, 1.54) is 74.3 Å². The van der Waals surface area contributed by atoms with E-state index in [0.29, 0.717) is 5.92 Å². The summed E-state index contributed by atoms with van der Waals surface area (Å²) in [6.07, 6.45) is 16.1. The van der Waals surface area contributed by atoms with Crippen molar-refractivity contribution in [2.24, 2.45) is 0 Å². The topological polar surface area (TPSA) is 41.6 Å². The van der Waals surface area contributed by atoms with Crippen molar-refractivity contribution in [2.45, 2.75) is 63.7 Å². The summed E-state index contributed by atoms with van der Waals surface area (Å²) in [5.74, 6) is 0.627. The Hall–Kier alpha value is -1.90.